The Morgan fingerprint density at radius 1 is 0.800 bits per heavy atom. The predicted molar refractivity (Wildman–Crippen MR) is 110 cm³/mol. The molecule has 1 N–H and O–H groups in total. The van der Waals surface area contributed by atoms with Gasteiger partial charge in [-0.05, 0) is 18.2 Å². The molecule has 0 aliphatic rings. The van der Waals surface area contributed by atoms with Crippen LogP contribution in [0, 0.1) is 0 Å². The van der Waals surface area contributed by atoms with Crippen molar-refractivity contribution in [1.82, 2.24) is 9.89 Å². The molecule has 1 aromatic heterocycles. The lowest BCUT2D eigenvalue weighted by atomic mass is 10.0. The molecule has 0 bridgehead atoms. The van der Waals surface area contributed by atoms with Gasteiger partial charge < -0.3 is 0 Å². The van der Waals surface area contributed by atoms with Crippen molar-refractivity contribution < 1.29 is 17.2 Å². The molecule has 30 heavy (non-hydrogen) atoms. The van der Waals surface area contributed by atoms with Crippen molar-refractivity contribution in [3.8, 4) is 11.3 Å². The smallest absolute Gasteiger partial charge is 0.200 e. The van der Waals surface area contributed by atoms with Crippen LogP contribution in [0.4, 0.5) is 8.78 Å². The molecular formula is C22H17F2N3O2S. The van der Waals surface area contributed by atoms with Crippen LogP contribution in [0.2, 0.25) is 0 Å². The second-order valence-corrected chi connectivity index (χ2v) is 8.20. The Morgan fingerprint density at radius 2 is 1.33 bits per heavy atom. The number of nitrogens with zero attached hydrogens (tertiary/aromatic N) is 2. The van der Waals surface area contributed by atoms with Crippen molar-refractivity contribution >= 4 is 10.0 Å². The minimum Gasteiger partial charge on any atom is -0.200 e. The highest BCUT2D eigenvalue weighted by Crippen LogP contribution is 2.36. The zero-order valence-corrected chi connectivity index (χ0v) is 16.4. The second-order valence-electron chi connectivity index (χ2n) is 6.54. The molecular weight excluding hydrogens is 408 g/mol. The van der Waals surface area contributed by atoms with Crippen LogP contribution in [0.1, 0.15) is 11.3 Å². The fourth-order valence-electron chi connectivity index (χ4n) is 2.98. The Morgan fingerprint density at radius 3 is 1.93 bits per heavy atom. The number of hydrogen-bond donors (Lipinski definition) is 1. The summed E-state index contributed by atoms with van der Waals surface area (Å²) in [5, 5.41) is 3.92. The third-order valence-corrected chi connectivity index (χ3v) is 5.80. The molecule has 3 aromatic carbocycles. The fourth-order valence-corrected chi connectivity index (χ4v) is 3.97. The van der Waals surface area contributed by atoms with Gasteiger partial charge in [-0.1, -0.05) is 78.9 Å². The highest BCUT2D eigenvalue weighted by Gasteiger charge is 2.38. The number of nitrogens with one attached hydrogen (secondary N) is 1. The third kappa shape index (κ3) is 3.81. The summed E-state index contributed by atoms with van der Waals surface area (Å²) in [4.78, 5) is 3.17. The zero-order valence-electron chi connectivity index (χ0n) is 15.6. The van der Waals surface area contributed by atoms with Crippen molar-refractivity contribution in [2.45, 2.75) is 10.8 Å². The lowest BCUT2D eigenvalue weighted by Gasteiger charge is -2.14. The van der Waals surface area contributed by atoms with Crippen LogP contribution >= 0.6 is 0 Å². The fraction of sp³-hybridized carbons (Fsp3) is 0.0455. The van der Waals surface area contributed by atoms with Gasteiger partial charge in [-0.25, -0.2) is 0 Å². The van der Waals surface area contributed by atoms with Gasteiger partial charge in [0.25, 0.3) is 10.0 Å². The molecule has 152 valence electrons. The maximum atomic E-state index is 15.1. The first-order valence-electron chi connectivity index (χ1n) is 9.05. The van der Waals surface area contributed by atoms with Crippen molar-refractivity contribution in [3.05, 3.63) is 108 Å². The van der Waals surface area contributed by atoms with Gasteiger partial charge in [0.1, 0.15) is 5.69 Å². The number of sulfonamides is 1. The second kappa shape index (κ2) is 7.72. The van der Waals surface area contributed by atoms with Gasteiger partial charge in [-0.2, -0.15) is 26.8 Å². The first-order valence-corrected chi connectivity index (χ1v) is 10.5. The summed E-state index contributed by atoms with van der Waals surface area (Å²) in [6, 6.07) is 24.7. The van der Waals surface area contributed by atoms with Crippen molar-refractivity contribution in [2.75, 3.05) is 4.83 Å². The summed E-state index contributed by atoms with van der Waals surface area (Å²) in [5.41, 5.74) is -0.0694. The Balaban J connectivity index is 1.82. The summed E-state index contributed by atoms with van der Waals surface area (Å²) in [7, 11) is -4.04. The molecule has 0 saturated carbocycles. The van der Waals surface area contributed by atoms with Crippen LogP contribution in [0.5, 0.6) is 0 Å². The van der Waals surface area contributed by atoms with Gasteiger partial charge >= 0.3 is 5.92 Å². The normalized spacial score (nSPS) is 11.9. The monoisotopic (exact) mass is 425 g/mol. The molecule has 0 fully saturated rings. The highest BCUT2D eigenvalue weighted by atomic mass is 32.2. The Kier molecular flexibility index (Phi) is 5.09. The maximum absolute atomic E-state index is 15.1. The summed E-state index contributed by atoms with van der Waals surface area (Å²) in [5.74, 6) is -3.41. The summed E-state index contributed by atoms with van der Waals surface area (Å²) in [6.07, 6.45) is 0. The van der Waals surface area contributed by atoms with Gasteiger partial charge in [0, 0.05) is 11.1 Å². The molecule has 0 atom stereocenters. The SMILES string of the molecule is O=S(=O)(Nn1nc(C(F)(F)c2ccccc2)cc1-c1ccccc1)c1ccccc1. The van der Waals surface area contributed by atoms with Gasteiger partial charge in [0.15, 0.2) is 0 Å². The van der Waals surface area contributed by atoms with Crippen LogP contribution in [0.15, 0.2) is 102 Å². The molecule has 4 aromatic rings. The summed E-state index contributed by atoms with van der Waals surface area (Å²) in [6.45, 7) is 0. The first-order chi connectivity index (χ1) is 14.4. The largest absolute Gasteiger partial charge is 0.316 e. The molecule has 0 aliphatic carbocycles. The van der Waals surface area contributed by atoms with E-state index in [1.54, 1.807) is 54.6 Å². The molecule has 0 unspecified atom stereocenters. The van der Waals surface area contributed by atoms with E-state index in [0.29, 0.717) is 5.56 Å². The minimum atomic E-state index is -4.04. The van der Waals surface area contributed by atoms with Crippen LogP contribution in [-0.2, 0) is 15.9 Å². The van der Waals surface area contributed by atoms with Crippen LogP contribution in [0.25, 0.3) is 11.3 Å². The number of alkyl halides is 2. The van der Waals surface area contributed by atoms with E-state index in [1.165, 1.54) is 42.5 Å². The number of benzene rings is 3. The lowest BCUT2D eigenvalue weighted by molar-refractivity contribution is 0.0375. The highest BCUT2D eigenvalue weighted by molar-refractivity contribution is 7.92. The zero-order chi connectivity index (χ0) is 21.2. The molecule has 5 nitrogen and oxygen atoms in total. The van der Waals surface area contributed by atoms with E-state index in [0.717, 1.165) is 4.79 Å². The average Bonchev–Trinajstić information content (AvgIpc) is 3.19. The Bertz CT molecular complexity index is 1240. The van der Waals surface area contributed by atoms with E-state index < -0.39 is 21.6 Å². The van der Waals surface area contributed by atoms with Gasteiger partial charge in [0.05, 0.1) is 10.6 Å². The Labute approximate surface area is 172 Å². The first kappa shape index (κ1) is 19.8. The molecule has 8 heteroatoms. The third-order valence-electron chi connectivity index (χ3n) is 4.50. The lowest BCUT2D eigenvalue weighted by Crippen LogP contribution is -2.26. The molecule has 0 spiro atoms. The van der Waals surface area contributed by atoms with Crippen molar-refractivity contribution in [1.29, 1.82) is 0 Å². The number of rotatable bonds is 6. The van der Waals surface area contributed by atoms with Gasteiger partial charge in [0.2, 0.25) is 0 Å². The van der Waals surface area contributed by atoms with Crippen LogP contribution < -0.4 is 4.83 Å². The standard InChI is InChI=1S/C22H17F2N3O2S/c23-22(24,18-12-6-2-7-13-18)21-16-20(17-10-4-1-5-11-17)27(25-21)26-30(28,29)19-14-8-3-9-15-19/h1-16,26H. The molecule has 0 radical (unpaired) electrons. The van der Waals surface area contributed by atoms with Crippen molar-refractivity contribution in [3.63, 3.8) is 0 Å². The van der Waals surface area contributed by atoms with E-state index in [2.05, 4.69) is 9.93 Å². The summed E-state index contributed by atoms with van der Waals surface area (Å²) < 4.78 is 55.7. The van der Waals surface area contributed by atoms with Crippen LogP contribution in [0.3, 0.4) is 0 Å². The molecule has 0 saturated heterocycles. The van der Waals surface area contributed by atoms with E-state index in [4.69, 9.17) is 0 Å². The quantitative estimate of drug-likeness (QED) is 0.490. The number of hydrogen-bond acceptors (Lipinski definition) is 3. The van der Waals surface area contributed by atoms with Gasteiger partial charge in [-0.15, -0.1) is 5.10 Å². The predicted octanol–water partition coefficient (Wildman–Crippen LogP) is 4.62. The molecule has 4 rings (SSSR count). The molecule has 1 heterocycles. The topological polar surface area (TPSA) is 64.0 Å². The minimum absolute atomic E-state index is 0.00381. The Hall–Kier alpha value is -3.52. The van der Waals surface area contributed by atoms with Gasteiger partial charge in [-0.3, -0.25) is 0 Å². The van der Waals surface area contributed by atoms with E-state index >= 15 is 8.78 Å². The van der Waals surface area contributed by atoms with E-state index in [1.807, 2.05) is 0 Å². The van der Waals surface area contributed by atoms with E-state index in [-0.39, 0.29) is 16.2 Å². The summed E-state index contributed by atoms with van der Waals surface area (Å²) >= 11 is 0. The average molecular weight is 425 g/mol. The van der Waals surface area contributed by atoms with Crippen LogP contribution in [-0.4, -0.2) is 18.3 Å². The maximum Gasteiger partial charge on any atom is 0.316 e. The number of halogens is 2. The molecule has 0 aliphatic heterocycles. The molecule has 0 amide bonds. The van der Waals surface area contributed by atoms with E-state index in [9.17, 15) is 8.42 Å². The van der Waals surface area contributed by atoms with Crippen molar-refractivity contribution in [2.24, 2.45) is 0 Å². The number of aromatic nitrogens is 2.